The number of halogens is 1. The number of Topliss-reactive ketones (excluding diaryl/α,β-unsaturated/α-hetero) is 1. The van der Waals surface area contributed by atoms with Crippen molar-refractivity contribution >= 4 is 21.7 Å². The standard InChI is InChI=1S/C15H21BrO2/c1-7-12(17)10-8-11(15(3,4)5)14(18-6)13(16)9(10)2/h8H,7H2,1-6H3. The van der Waals surface area contributed by atoms with E-state index in [9.17, 15) is 4.79 Å². The fourth-order valence-electron chi connectivity index (χ4n) is 1.96. The van der Waals surface area contributed by atoms with Gasteiger partial charge in [0.15, 0.2) is 5.78 Å². The second-order valence-electron chi connectivity index (χ2n) is 5.47. The van der Waals surface area contributed by atoms with Gasteiger partial charge in [0.2, 0.25) is 0 Å². The first-order chi connectivity index (χ1) is 8.23. The van der Waals surface area contributed by atoms with Gasteiger partial charge in [-0.3, -0.25) is 4.79 Å². The van der Waals surface area contributed by atoms with Gasteiger partial charge in [0.25, 0.3) is 0 Å². The van der Waals surface area contributed by atoms with E-state index in [2.05, 4.69) is 36.7 Å². The van der Waals surface area contributed by atoms with Crippen molar-refractivity contribution in [3.05, 3.63) is 27.2 Å². The van der Waals surface area contributed by atoms with Gasteiger partial charge in [0.1, 0.15) is 5.75 Å². The highest BCUT2D eigenvalue weighted by Crippen LogP contribution is 2.40. The summed E-state index contributed by atoms with van der Waals surface area (Å²) in [5, 5.41) is 0. The Morgan fingerprint density at radius 3 is 2.33 bits per heavy atom. The molecule has 0 radical (unpaired) electrons. The van der Waals surface area contributed by atoms with Crippen molar-refractivity contribution in [1.82, 2.24) is 0 Å². The molecule has 1 aromatic carbocycles. The molecule has 0 heterocycles. The number of hydrogen-bond donors (Lipinski definition) is 0. The normalized spacial score (nSPS) is 11.5. The largest absolute Gasteiger partial charge is 0.495 e. The van der Waals surface area contributed by atoms with Crippen molar-refractivity contribution in [2.75, 3.05) is 7.11 Å². The van der Waals surface area contributed by atoms with E-state index in [4.69, 9.17) is 4.74 Å². The Bertz CT molecular complexity index is 470. The smallest absolute Gasteiger partial charge is 0.162 e. The summed E-state index contributed by atoms with van der Waals surface area (Å²) in [6, 6.07) is 1.98. The minimum atomic E-state index is -0.0651. The number of hydrogen-bond acceptors (Lipinski definition) is 2. The van der Waals surface area contributed by atoms with Gasteiger partial charge in [0.05, 0.1) is 11.6 Å². The molecule has 1 aromatic rings. The fourth-order valence-corrected chi connectivity index (χ4v) is 2.55. The van der Waals surface area contributed by atoms with Gasteiger partial charge in [-0.2, -0.15) is 0 Å². The summed E-state index contributed by atoms with van der Waals surface area (Å²) in [6.07, 6.45) is 0.517. The Balaban J connectivity index is 3.61. The Morgan fingerprint density at radius 2 is 1.94 bits per heavy atom. The highest BCUT2D eigenvalue weighted by molar-refractivity contribution is 9.10. The predicted octanol–water partition coefficient (Wildman–Crippen LogP) is 4.66. The molecular formula is C15H21BrO2. The first-order valence-electron chi connectivity index (χ1n) is 6.14. The van der Waals surface area contributed by atoms with E-state index in [1.165, 1.54) is 0 Å². The molecule has 0 saturated heterocycles. The zero-order valence-electron chi connectivity index (χ0n) is 12.0. The molecule has 0 bridgehead atoms. The van der Waals surface area contributed by atoms with Crippen molar-refractivity contribution in [3.8, 4) is 5.75 Å². The third-order valence-electron chi connectivity index (χ3n) is 3.10. The predicted molar refractivity (Wildman–Crippen MR) is 78.8 cm³/mol. The second kappa shape index (κ2) is 5.43. The van der Waals surface area contributed by atoms with Crippen LogP contribution >= 0.6 is 15.9 Å². The molecule has 0 spiro atoms. The van der Waals surface area contributed by atoms with Crippen LogP contribution in [0.4, 0.5) is 0 Å². The summed E-state index contributed by atoms with van der Waals surface area (Å²) in [6.45, 7) is 10.2. The van der Waals surface area contributed by atoms with Crippen LogP contribution in [0.2, 0.25) is 0 Å². The number of carbonyl (C=O) groups excluding carboxylic acids is 1. The SMILES string of the molecule is CCC(=O)c1cc(C(C)(C)C)c(OC)c(Br)c1C. The minimum absolute atomic E-state index is 0.0651. The molecule has 0 amide bonds. The van der Waals surface area contributed by atoms with E-state index < -0.39 is 0 Å². The molecule has 0 aliphatic rings. The van der Waals surface area contributed by atoms with Crippen LogP contribution in [0.3, 0.4) is 0 Å². The highest BCUT2D eigenvalue weighted by Gasteiger charge is 2.25. The molecule has 0 atom stereocenters. The Kier molecular flexibility index (Phi) is 4.60. The lowest BCUT2D eigenvalue weighted by molar-refractivity contribution is 0.0987. The van der Waals surface area contributed by atoms with Gasteiger partial charge in [0, 0.05) is 17.5 Å². The van der Waals surface area contributed by atoms with Crippen molar-refractivity contribution in [1.29, 1.82) is 0 Å². The number of ketones is 1. The number of rotatable bonds is 3. The average Bonchev–Trinajstić information content (AvgIpc) is 2.29. The van der Waals surface area contributed by atoms with E-state index in [1.807, 2.05) is 19.9 Å². The molecule has 0 aliphatic carbocycles. The maximum atomic E-state index is 12.0. The van der Waals surface area contributed by atoms with E-state index in [0.29, 0.717) is 6.42 Å². The van der Waals surface area contributed by atoms with Gasteiger partial charge in [-0.15, -0.1) is 0 Å². The first kappa shape index (κ1) is 15.2. The van der Waals surface area contributed by atoms with Crippen molar-refractivity contribution in [2.45, 2.75) is 46.5 Å². The van der Waals surface area contributed by atoms with Crippen LogP contribution in [0, 0.1) is 6.92 Å². The minimum Gasteiger partial charge on any atom is -0.495 e. The van der Waals surface area contributed by atoms with Gasteiger partial charge in [-0.1, -0.05) is 27.7 Å². The zero-order chi connectivity index (χ0) is 14.1. The molecule has 3 heteroatoms. The summed E-state index contributed by atoms with van der Waals surface area (Å²) in [5.41, 5.74) is 2.73. The lowest BCUT2D eigenvalue weighted by Gasteiger charge is -2.25. The maximum absolute atomic E-state index is 12.0. The molecular weight excluding hydrogens is 292 g/mol. The first-order valence-corrected chi connectivity index (χ1v) is 6.94. The molecule has 0 unspecified atom stereocenters. The van der Waals surface area contributed by atoms with Crippen molar-refractivity contribution < 1.29 is 9.53 Å². The summed E-state index contributed by atoms with van der Waals surface area (Å²) in [4.78, 5) is 12.0. The average molecular weight is 313 g/mol. The molecule has 0 N–H and O–H groups in total. The third-order valence-corrected chi connectivity index (χ3v) is 4.05. The number of benzene rings is 1. The molecule has 18 heavy (non-hydrogen) atoms. The van der Waals surface area contributed by atoms with Crippen molar-refractivity contribution in [2.24, 2.45) is 0 Å². The molecule has 1 rings (SSSR count). The number of methoxy groups -OCH3 is 1. The topological polar surface area (TPSA) is 26.3 Å². The lowest BCUT2D eigenvalue weighted by Crippen LogP contribution is -2.15. The molecule has 100 valence electrons. The van der Waals surface area contributed by atoms with Crippen LogP contribution in [-0.4, -0.2) is 12.9 Å². The van der Waals surface area contributed by atoms with E-state index in [0.717, 1.165) is 26.9 Å². The van der Waals surface area contributed by atoms with Crippen LogP contribution in [0.15, 0.2) is 10.5 Å². The van der Waals surface area contributed by atoms with Gasteiger partial charge >= 0.3 is 0 Å². The molecule has 0 saturated carbocycles. The third kappa shape index (κ3) is 2.77. The fraction of sp³-hybridized carbons (Fsp3) is 0.533. The Hall–Kier alpha value is -0.830. The molecule has 0 fully saturated rings. The quantitative estimate of drug-likeness (QED) is 0.759. The van der Waals surface area contributed by atoms with Gasteiger partial charge in [-0.05, 0) is 39.9 Å². The summed E-state index contributed by atoms with van der Waals surface area (Å²) in [5.74, 6) is 0.994. The highest BCUT2D eigenvalue weighted by atomic mass is 79.9. The summed E-state index contributed by atoms with van der Waals surface area (Å²) in [7, 11) is 1.66. The maximum Gasteiger partial charge on any atom is 0.162 e. The molecule has 0 aromatic heterocycles. The Morgan fingerprint density at radius 1 is 1.39 bits per heavy atom. The van der Waals surface area contributed by atoms with Crippen molar-refractivity contribution in [3.63, 3.8) is 0 Å². The zero-order valence-corrected chi connectivity index (χ0v) is 13.6. The summed E-state index contributed by atoms with van der Waals surface area (Å²) < 4.78 is 6.38. The Labute approximate surface area is 118 Å². The number of carbonyl (C=O) groups is 1. The molecule has 2 nitrogen and oxygen atoms in total. The second-order valence-corrected chi connectivity index (χ2v) is 6.26. The van der Waals surface area contributed by atoms with Crippen LogP contribution < -0.4 is 4.74 Å². The number of ether oxygens (including phenoxy) is 1. The van der Waals surface area contributed by atoms with Gasteiger partial charge < -0.3 is 4.74 Å². The summed E-state index contributed by atoms with van der Waals surface area (Å²) >= 11 is 3.55. The van der Waals surface area contributed by atoms with E-state index in [1.54, 1.807) is 7.11 Å². The van der Waals surface area contributed by atoms with Crippen LogP contribution in [0.25, 0.3) is 0 Å². The van der Waals surface area contributed by atoms with Crippen LogP contribution in [0.5, 0.6) is 5.75 Å². The van der Waals surface area contributed by atoms with Crippen LogP contribution in [0.1, 0.15) is 55.6 Å². The van der Waals surface area contributed by atoms with Crippen LogP contribution in [-0.2, 0) is 5.41 Å². The van der Waals surface area contributed by atoms with E-state index in [-0.39, 0.29) is 11.2 Å². The lowest BCUT2D eigenvalue weighted by atomic mass is 9.83. The van der Waals surface area contributed by atoms with Gasteiger partial charge in [-0.25, -0.2) is 0 Å². The monoisotopic (exact) mass is 312 g/mol. The molecule has 0 aliphatic heterocycles. The van der Waals surface area contributed by atoms with E-state index >= 15 is 0 Å².